The lowest BCUT2D eigenvalue weighted by molar-refractivity contribution is 0.833. The Labute approximate surface area is 142 Å². The van der Waals surface area contributed by atoms with Gasteiger partial charge in [0.1, 0.15) is 5.82 Å². The molecule has 24 heavy (non-hydrogen) atoms. The van der Waals surface area contributed by atoms with Crippen molar-refractivity contribution in [2.24, 2.45) is 0 Å². The SMILES string of the molecule is Cc1ccc(-c2nc3ccccc3n2Cc2ccccc2)c(C)c1. The van der Waals surface area contributed by atoms with Crippen molar-refractivity contribution in [2.75, 3.05) is 0 Å². The van der Waals surface area contributed by atoms with Crippen LogP contribution in [0.4, 0.5) is 0 Å². The van der Waals surface area contributed by atoms with Gasteiger partial charge in [0.05, 0.1) is 11.0 Å². The van der Waals surface area contributed by atoms with E-state index in [1.54, 1.807) is 0 Å². The molecule has 0 amide bonds. The molecule has 0 bridgehead atoms. The number of hydrogen-bond acceptors (Lipinski definition) is 1. The number of aromatic nitrogens is 2. The van der Waals surface area contributed by atoms with Gasteiger partial charge in [-0.1, -0.05) is 66.2 Å². The first-order valence-corrected chi connectivity index (χ1v) is 8.29. The molecule has 2 heteroatoms. The predicted octanol–water partition coefficient (Wildman–Crippen LogP) is 5.37. The molecule has 0 saturated heterocycles. The quantitative estimate of drug-likeness (QED) is 0.497. The van der Waals surface area contributed by atoms with Crippen molar-refractivity contribution < 1.29 is 0 Å². The van der Waals surface area contributed by atoms with Crippen molar-refractivity contribution in [3.63, 3.8) is 0 Å². The van der Waals surface area contributed by atoms with E-state index in [-0.39, 0.29) is 0 Å². The number of imidazole rings is 1. The summed E-state index contributed by atoms with van der Waals surface area (Å²) >= 11 is 0. The van der Waals surface area contributed by atoms with Gasteiger partial charge in [-0.05, 0) is 37.1 Å². The highest BCUT2D eigenvalue weighted by Crippen LogP contribution is 2.28. The summed E-state index contributed by atoms with van der Waals surface area (Å²) in [4.78, 5) is 4.93. The Morgan fingerprint density at radius 3 is 2.38 bits per heavy atom. The summed E-state index contributed by atoms with van der Waals surface area (Å²) < 4.78 is 2.32. The second-order valence-corrected chi connectivity index (χ2v) is 6.31. The number of aryl methyl sites for hydroxylation is 2. The van der Waals surface area contributed by atoms with E-state index in [9.17, 15) is 0 Å². The molecule has 4 aromatic rings. The highest BCUT2D eigenvalue weighted by atomic mass is 15.1. The summed E-state index contributed by atoms with van der Waals surface area (Å²) in [5.41, 5.74) is 7.25. The van der Waals surface area contributed by atoms with Crippen LogP contribution in [-0.2, 0) is 6.54 Å². The Balaban J connectivity index is 1.93. The zero-order chi connectivity index (χ0) is 16.5. The van der Waals surface area contributed by atoms with Crippen LogP contribution in [0.1, 0.15) is 16.7 Å². The van der Waals surface area contributed by atoms with Gasteiger partial charge < -0.3 is 4.57 Å². The lowest BCUT2D eigenvalue weighted by Crippen LogP contribution is -2.03. The molecule has 0 atom stereocenters. The van der Waals surface area contributed by atoms with Crippen LogP contribution in [0.15, 0.2) is 72.8 Å². The standard InChI is InChI=1S/C22H20N2/c1-16-12-13-19(17(2)14-16)22-23-20-10-6-7-11-21(20)24(22)15-18-8-4-3-5-9-18/h3-14H,15H2,1-2H3. The smallest absolute Gasteiger partial charge is 0.141 e. The van der Waals surface area contributed by atoms with E-state index in [1.165, 1.54) is 27.8 Å². The van der Waals surface area contributed by atoms with E-state index in [2.05, 4.69) is 85.1 Å². The summed E-state index contributed by atoms with van der Waals surface area (Å²) in [6.07, 6.45) is 0. The maximum atomic E-state index is 4.93. The molecule has 2 nitrogen and oxygen atoms in total. The molecule has 1 aromatic heterocycles. The number of para-hydroxylation sites is 2. The van der Waals surface area contributed by atoms with Gasteiger partial charge in [0.15, 0.2) is 0 Å². The lowest BCUT2D eigenvalue weighted by atomic mass is 10.1. The largest absolute Gasteiger partial charge is 0.319 e. The summed E-state index contributed by atoms with van der Waals surface area (Å²) in [6.45, 7) is 5.11. The third-order valence-electron chi connectivity index (χ3n) is 4.46. The van der Waals surface area contributed by atoms with E-state index in [4.69, 9.17) is 4.98 Å². The highest BCUT2D eigenvalue weighted by Gasteiger charge is 2.14. The Hall–Kier alpha value is -2.87. The van der Waals surface area contributed by atoms with Gasteiger partial charge in [-0.2, -0.15) is 0 Å². The van der Waals surface area contributed by atoms with Crippen LogP contribution in [0, 0.1) is 13.8 Å². The predicted molar refractivity (Wildman–Crippen MR) is 100 cm³/mol. The van der Waals surface area contributed by atoms with Gasteiger partial charge in [0.25, 0.3) is 0 Å². The van der Waals surface area contributed by atoms with E-state index < -0.39 is 0 Å². The molecule has 0 spiro atoms. The van der Waals surface area contributed by atoms with Gasteiger partial charge >= 0.3 is 0 Å². The Kier molecular flexibility index (Phi) is 3.66. The average molecular weight is 312 g/mol. The minimum atomic E-state index is 0.823. The molecule has 0 aliphatic carbocycles. The molecule has 0 fully saturated rings. The zero-order valence-corrected chi connectivity index (χ0v) is 14.0. The molecule has 0 aliphatic heterocycles. The van der Waals surface area contributed by atoms with Crippen LogP contribution in [0.2, 0.25) is 0 Å². The first-order chi connectivity index (χ1) is 11.7. The summed E-state index contributed by atoms with van der Waals surface area (Å²) in [5, 5.41) is 0. The Bertz CT molecular complexity index is 997. The van der Waals surface area contributed by atoms with Gasteiger partial charge in [-0.25, -0.2) is 4.98 Å². The molecular weight excluding hydrogens is 292 g/mol. The van der Waals surface area contributed by atoms with Crippen molar-refractivity contribution in [2.45, 2.75) is 20.4 Å². The maximum absolute atomic E-state index is 4.93. The molecule has 0 radical (unpaired) electrons. The molecule has 0 saturated carbocycles. The zero-order valence-electron chi connectivity index (χ0n) is 14.0. The van der Waals surface area contributed by atoms with Crippen molar-refractivity contribution in [3.05, 3.63) is 89.5 Å². The average Bonchev–Trinajstić information content (AvgIpc) is 2.94. The second kappa shape index (κ2) is 5.97. The van der Waals surface area contributed by atoms with E-state index in [0.717, 1.165) is 17.9 Å². The Morgan fingerprint density at radius 1 is 0.833 bits per heavy atom. The molecule has 1 heterocycles. The van der Waals surface area contributed by atoms with Crippen LogP contribution in [-0.4, -0.2) is 9.55 Å². The minimum absolute atomic E-state index is 0.823. The molecule has 118 valence electrons. The van der Waals surface area contributed by atoms with E-state index in [0.29, 0.717) is 0 Å². The first-order valence-electron chi connectivity index (χ1n) is 8.29. The second-order valence-electron chi connectivity index (χ2n) is 6.31. The van der Waals surface area contributed by atoms with Crippen molar-refractivity contribution in [3.8, 4) is 11.4 Å². The van der Waals surface area contributed by atoms with Crippen molar-refractivity contribution in [1.82, 2.24) is 9.55 Å². The molecule has 0 aliphatic rings. The van der Waals surface area contributed by atoms with Gasteiger partial charge in [-0.15, -0.1) is 0 Å². The lowest BCUT2D eigenvalue weighted by Gasteiger charge is -2.12. The van der Waals surface area contributed by atoms with Gasteiger partial charge in [-0.3, -0.25) is 0 Å². The number of nitrogens with zero attached hydrogens (tertiary/aromatic N) is 2. The normalized spacial score (nSPS) is 11.1. The minimum Gasteiger partial charge on any atom is -0.319 e. The van der Waals surface area contributed by atoms with Crippen molar-refractivity contribution >= 4 is 11.0 Å². The third kappa shape index (κ3) is 2.61. The monoisotopic (exact) mass is 312 g/mol. The fourth-order valence-corrected chi connectivity index (χ4v) is 3.27. The van der Waals surface area contributed by atoms with Gasteiger partial charge in [0, 0.05) is 12.1 Å². The summed E-state index contributed by atoms with van der Waals surface area (Å²) in [5.74, 6) is 1.04. The molecule has 0 unspecified atom stereocenters. The topological polar surface area (TPSA) is 17.8 Å². The fraction of sp³-hybridized carbons (Fsp3) is 0.136. The van der Waals surface area contributed by atoms with E-state index in [1.807, 2.05) is 6.07 Å². The number of fused-ring (bicyclic) bond motifs is 1. The maximum Gasteiger partial charge on any atom is 0.141 e. The number of benzene rings is 3. The highest BCUT2D eigenvalue weighted by molar-refractivity contribution is 5.81. The van der Waals surface area contributed by atoms with Crippen molar-refractivity contribution in [1.29, 1.82) is 0 Å². The van der Waals surface area contributed by atoms with Crippen LogP contribution in [0.5, 0.6) is 0 Å². The van der Waals surface area contributed by atoms with Crippen LogP contribution < -0.4 is 0 Å². The fourth-order valence-electron chi connectivity index (χ4n) is 3.27. The number of rotatable bonds is 3. The van der Waals surface area contributed by atoms with Gasteiger partial charge in [0.2, 0.25) is 0 Å². The Morgan fingerprint density at radius 2 is 1.58 bits per heavy atom. The molecular formula is C22H20N2. The molecule has 0 N–H and O–H groups in total. The molecule has 4 rings (SSSR count). The summed E-state index contributed by atoms with van der Waals surface area (Å²) in [6, 6.07) is 25.5. The van der Waals surface area contributed by atoms with E-state index >= 15 is 0 Å². The summed E-state index contributed by atoms with van der Waals surface area (Å²) in [7, 11) is 0. The van der Waals surface area contributed by atoms with Crippen LogP contribution >= 0.6 is 0 Å². The third-order valence-corrected chi connectivity index (χ3v) is 4.46. The first kappa shape index (κ1) is 14.7. The molecule has 3 aromatic carbocycles. The number of hydrogen-bond donors (Lipinski definition) is 0. The van der Waals surface area contributed by atoms with Crippen LogP contribution in [0.3, 0.4) is 0 Å². The van der Waals surface area contributed by atoms with Crippen LogP contribution in [0.25, 0.3) is 22.4 Å².